The van der Waals surface area contributed by atoms with Crippen LogP contribution in [0.1, 0.15) is 33.3 Å². The van der Waals surface area contributed by atoms with Crippen LogP contribution < -0.4 is 0 Å². The van der Waals surface area contributed by atoms with Gasteiger partial charge in [0.1, 0.15) is 5.60 Å². The van der Waals surface area contributed by atoms with Crippen LogP contribution in [0.15, 0.2) is 30.3 Å². The molecule has 1 aromatic carbocycles. The molecule has 0 N–H and O–H groups in total. The van der Waals surface area contributed by atoms with E-state index in [0.29, 0.717) is 11.8 Å². The molecule has 1 fully saturated rings. The number of benzene rings is 1. The van der Waals surface area contributed by atoms with Crippen molar-refractivity contribution in [2.45, 2.75) is 39.8 Å². The fraction of sp³-hybridized carbons (Fsp3) is 0.632. The van der Waals surface area contributed by atoms with E-state index in [1.165, 1.54) is 5.56 Å². The molecule has 0 aliphatic carbocycles. The van der Waals surface area contributed by atoms with Crippen molar-refractivity contribution < 1.29 is 9.53 Å². The first-order valence-electron chi connectivity index (χ1n) is 8.45. The molecule has 2 unspecified atom stereocenters. The van der Waals surface area contributed by atoms with E-state index in [-0.39, 0.29) is 6.09 Å². The second kappa shape index (κ2) is 7.35. The normalized spacial score (nSPS) is 22.1. The van der Waals surface area contributed by atoms with Crippen molar-refractivity contribution in [1.82, 2.24) is 9.80 Å². The van der Waals surface area contributed by atoms with Crippen LogP contribution in [0.2, 0.25) is 0 Å². The van der Waals surface area contributed by atoms with E-state index in [0.717, 1.165) is 26.2 Å². The van der Waals surface area contributed by atoms with Crippen molar-refractivity contribution in [1.29, 1.82) is 0 Å². The van der Waals surface area contributed by atoms with Crippen molar-refractivity contribution in [3.63, 3.8) is 0 Å². The molecular formula is C19H30N2O2. The van der Waals surface area contributed by atoms with Gasteiger partial charge in [0.15, 0.2) is 0 Å². The summed E-state index contributed by atoms with van der Waals surface area (Å²) in [6.45, 7) is 11.8. The number of rotatable bonds is 4. The van der Waals surface area contributed by atoms with Gasteiger partial charge in [-0.3, -0.25) is 4.90 Å². The molecule has 2 rings (SSSR count). The van der Waals surface area contributed by atoms with Crippen LogP contribution in [0.5, 0.6) is 0 Å². The van der Waals surface area contributed by atoms with Gasteiger partial charge in [0.25, 0.3) is 0 Å². The minimum Gasteiger partial charge on any atom is -0.444 e. The summed E-state index contributed by atoms with van der Waals surface area (Å²) in [5.74, 6) is 1.08. The Morgan fingerprint density at radius 1 is 1.26 bits per heavy atom. The third-order valence-electron chi connectivity index (χ3n) is 4.31. The van der Waals surface area contributed by atoms with E-state index >= 15 is 0 Å². The lowest BCUT2D eigenvalue weighted by atomic mass is 9.98. The Morgan fingerprint density at radius 3 is 2.52 bits per heavy atom. The fourth-order valence-electron chi connectivity index (χ4n) is 3.12. The lowest BCUT2D eigenvalue weighted by molar-refractivity contribution is 0.0267. The number of carbonyl (C=O) groups is 1. The van der Waals surface area contributed by atoms with Crippen LogP contribution in [0, 0.1) is 11.8 Å². The van der Waals surface area contributed by atoms with Gasteiger partial charge in [0.2, 0.25) is 0 Å². The van der Waals surface area contributed by atoms with Crippen LogP contribution in [0.25, 0.3) is 0 Å². The topological polar surface area (TPSA) is 32.8 Å². The van der Waals surface area contributed by atoms with Crippen molar-refractivity contribution in [3.8, 4) is 0 Å². The highest BCUT2D eigenvalue weighted by Gasteiger charge is 2.32. The Labute approximate surface area is 140 Å². The summed E-state index contributed by atoms with van der Waals surface area (Å²) in [6, 6.07) is 10.6. The van der Waals surface area contributed by atoms with Crippen LogP contribution >= 0.6 is 0 Å². The maximum absolute atomic E-state index is 12.1. The van der Waals surface area contributed by atoms with E-state index in [1.807, 2.05) is 27.8 Å². The molecule has 0 spiro atoms. The Balaban J connectivity index is 1.85. The molecule has 4 heteroatoms. The first-order chi connectivity index (χ1) is 10.7. The SMILES string of the molecule is CC1CN(Cc2ccccc2)CC1CN(C)C(=O)OC(C)(C)C. The Hall–Kier alpha value is -1.55. The van der Waals surface area contributed by atoms with Gasteiger partial charge in [-0.2, -0.15) is 0 Å². The van der Waals surface area contributed by atoms with Crippen LogP contribution in [0.3, 0.4) is 0 Å². The van der Waals surface area contributed by atoms with Gasteiger partial charge in [0, 0.05) is 33.2 Å². The molecule has 4 nitrogen and oxygen atoms in total. The molecule has 1 saturated heterocycles. The molecule has 0 radical (unpaired) electrons. The Bertz CT molecular complexity index is 510. The molecule has 0 aromatic heterocycles. The average molecular weight is 318 g/mol. The van der Waals surface area contributed by atoms with Gasteiger partial charge in [-0.15, -0.1) is 0 Å². The second-order valence-electron chi connectivity index (χ2n) is 7.78. The maximum atomic E-state index is 12.1. The number of nitrogens with zero attached hydrogens (tertiary/aromatic N) is 2. The minimum absolute atomic E-state index is 0.230. The van der Waals surface area contributed by atoms with Gasteiger partial charge < -0.3 is 9.64 Å². The minimum atomic E-state index is -0.439. The van der Waals surface area contributed by atoms with Gasteiger partial charge in [-0.25, -0.2) is 4.79 Å². The Morgan fingerprint density at radius 2 is 1.91 bits per heavy atom. The molecule has 128 valence electrons. The number of hydrogen-bond donors (Lipinski definition) is 0. The lowest BCUT2D eigenvalue weighted by Crippen LogP contribution is -2.38. The maximum Gasteiger partial charge on any atom is 0.410 e. The number of hydrogen-bond acceptors (Lipinski definition) is 3. The van der Waals surface area contributed by atoms with Gasteiger partial charge in [0.05, 0.1) is 0 Å². The van der Waals surface area contributed by atoms with Gasteiger partial charge in [-0.05, 0) is 38.2 Å². The summed E-state index contributed by atoms with van der Waals surface area (Å²) in [7, 11) is 1.83. The number of carbonyl (C=O) groups excluding carboxylic acids is 1. The zero-order valence-electron chi connectivity index (χ0n) is 15.1. The number of ether oxygens (including phenoxy) is 1. The zero-order valence-corrected chi connectivity index (χ0v) is 15.1. The standard InChI is InChI=1S/C19H30N2O2/c1-15-11-21(12-16-9-7-6-8-10-16)14-17(15)13-20(5)18(22)23-19(2,3)4/h6-10,15,17H,11-14H2,1-5H3. The molecule has 0 saturated carbocycles. The van der Waals surface area contributed by atoms with E-state index in [4.69, 9.17) is 4.74 Å². The quantitative estimate of drug-likeness (QED) is 0.850. The summed E-state index contributed by atoms with van der Waals surface area (Å²) in [5, 5.41) is 0. The highest BCUT2D eigenvalue weighted by Crippen LogP contribution is 2.25. The first-order valence-corrected chi connectivity index (χ1v) is 8.45. The lowest BCUT2D eigenvalue weighted by Gasteiger charge is -2.27. The summed E-state index contributed by atoms with van der Waals surface area (Å²) >= 11 is 0. The average Bonchev–Trinajstić information content (AvgIpc) is 2.78. The van der Waals surface area contributed by atoms with E-state index in [9.17, 15) is 4.79 Å². The highest BCUT2D eigenvalue weighted by atomic mass is 16.6. The summed E-state index contributed by atoms with van der Waals surface area (Å²) < 4.78 is 5.44. The van der Waals surface area contributed by atoms with Crippen LogP contribution in [0.4, 0.5) is 4.79 Å². The fourth-order valence-corrected chi connectivity index (χ4v) is 3.12. The van der Waals surface area contributed by atoms with E-state index in [2.05, 4.69) is 42.2 Å². The van der Waals surface area contributed by atoms with Crippen LogP contribution in [-0.2, 0) is 11.3 Å². The third-order valence-corrected chi connectivity index (χ3v) is 4.31. The molecule has 1 heterocycles. The monoisotopic (exact) mass is 318 g/mol. The summed E-state index contributed by atoms with van der Waals surface area (Å²) in [5.41, 5.74) is 0.909. The predicted molar refractivity (Wildman–Crippen MR) is 93.2 cm³/mol. The zero-order chi connectivity index (χ0) is 17.0. The van der Waals surface area contributed by atoms with Gasteiger partial charge >= 0.3 is 6.09 Å². The molecule has 0 bridgehead atoms. The van der Waals surface area contributed by atoms with Crippen molar-refractivity contribution in [2.24, 2.45) is 11.8 Å². The molecule has 1 aromatic rings. The molecule has 1 aliphatic rings. The Kier molecular flexibility index (Phi) is 5.69. The van der Waals surface area contributed by atoms with Crippen molar-refractivity contribution in [3.05, 3.63) is 35.9 Å². The smallest absolute Gasteiger partial charge is 0.410 e. The second-order valence-corrected chi connectivity index (χ2v) is 7.78. The molecule has 2 atom stereocenters. The van der Waals surface area contributed by atoms with Gasteiger partial charge in [-0.1, -0.05) is 37.3 Å². The van der Waals surface area contributed by atoms with Crippen molar-refractivity contribution in [2.75, 3.05) is 26.7 Å². The largest absolute Gasteiger partial charge is 0.444 e. The third kappa shape index (κ3) is 5.54. The van der Waals surface area contributed by atoms with E-state index < -0.39 is 5.60 Å². The molecule has 1 aliphatic heterocycles. The van der Waals surface area contributed by atoms with Crippen LogP contribution in [-0.4, -0.2) is 48.2 Å². The molecular weight excluding hydrogens is 288 g/mol. The van der Waals surface area contributed by atoms with E-state index in [1.54, 1.807) is 4.90 Å². The number of likely N-dealkylation sites (tertiary alicyclic amines) is 1. The number of amides is 1. The summed E-state index contributed by atoms with van der Waals surface area (Å²) in [4.78, 5) is 16.3. The predicted octanol–water partition coefficient (Wildman–Crippen LogP) is 3.62. The summed E-state index contributed by atoms with van der Waals surface area (Å²) in [6.07, 6.45) is -0.230. The first kappa shape index (κ1) is 17.8. The molecule has 23 heavy (non-hydrogen) atoms. The molecule has 1 amide bonds. The highest BCUT2D eigenvalue weighted by molar-refractivity contribution is 5.67. The van der Waals surface area contributed by atoms with Crippen molar-refractivity contribution >= 4 is 6.09 Å².